The van der Waals surface area contributed by atoms with Gasteiger partial charge in [0, 0.05) is 25.2 Å². The molecule has 1 fully saturated rings. The van der Waals surface area contributed by atoms with Crippen molar-refractivity contribution in [2.75, 3.05) is 18.4 Å². The topological polar surface area (TPSA) is 58.6 Å². The number of anilines is 1. The molecule has 1 N–H and O–H groups in total. The maximum absolute atomic E-state index is 12.4. The van der Waals surface area contributed by atoms with Gasteiger partial charge in [0.1, 0.15) is 12.4 Å². The number of nitrogens with one attached hydrogen (secondary N) is 1. The van der Waals surface area contributed by atoms with Gasteiger partial charge in [-0.05, 0) is 36.2 Å². The summed E-state index contributed by atoms with van der Waals surface area (Å²) in [5.41, 5.74) is 1.82. The smallest absolute Gasteiger partial charge is 0.229 e. The van der Waals surface area contributed by atoms with Gasteiger partial charge in [-0.2, -0.15) is 0 Å². The van der Waals surface area contributed by atoms with Gasteiger partial charge in [-0.25, -0.2) is 0 Å². The minimum Gasteiger partial charge on any atom is -0.489 e. The van der Waals surface area contributed by atoms with Crippen LogP contribution in [0.4, 0.5) is 5.69 Å². The van der Waals surface area contributed by atoms with Crippen LogP contribution in [0.5, 0.6) is 5.75 Å². The molecule has 26 heavy (non-hydrogen) atoms. The fourth-order valence-electron chi connectivity index (χ4n) is 3.05. The molecule has 0 bridgehead atoms. The Balaban J connectivity index is 1.51. The lowest BCUT2D eigenvalue weighted by atomic mass is 10.1. The van der Waals surface area contributed by atoms with E-state index in [4.69, 9.17) is 4.74 Å². The van der Waals surface area contributed by atoms with Crippen LogP contribution in [-0.4, -0.2) is 29.8 Å². The van der Waals surface area contributed by atoms with Crippen LogP contribution in [0, 0.1) is 5.92 Å². The molecule has 1 heterocycles. The first-order valence-electron chi connectivity index (χ1n) is 9.01. The lowest BCUT2D eigenvalue weighted by Crippen LogP contribution is -2.28. The summed E-state index contributed by atoms with van der Waals surface area (Å²) in [6, 6.07) is 17.3. The predicted molar refractivity (Wildman–Crippen MR) is 101 cm³/mol. The lowest BCUT2D eigenvalue weighted by molar-refractivity contribution is -0.128. The molecule has 1 saturated heterocycles. The summed E-state index contributed by atoms with van der Waals surface area (Å²) in [7, 11) is 0. The SMILES string of the molecule is CCCN1CC(C(=O)Nc2ccc(OCc3ccccc3)cc2)CC1=O. The fourth-order valence-corrected chi connectivity index (χ4v) is 3.05. The van der Waals surface area contributed by atoms with E-state index in [9.17, 15) is 9.59 Å². The third-order valence-corrected chi connectivity index (χ3v) is 4.45. The van der Waals surface area contributed by atoms with Crippen LogP contribution in [0.2, 0.25) is 0 Å². The number of carbonyl (C=O) groups is 2. The summed E-state index contributed by atoms with van der Waals surface area (Å²) in [6.45, 7) is 3.76. The normalized spacial score (nSPS) is 16.6. The van der Waals surface area contributed by atoms with E-state index in [-0.39, 0.29) is 17.7 Å². The fraction of sp³-hybridized carbons (Fsp3) is 0.333. The van der Waals surface area contributed by atoms with Crippen molar-refractivity contribution < 1.29 is 14.3 Å². The molecule has 2 amide bonds. The van der Waals surface area contributed by atoms with Gasteiger partial charge in [0.15, 0.2) is 0 Å². The minimum atomic E-state index is -0.275. The first kappa shape index (κ1) is 18.0. The van der Waals surface area contributed by atoms with Gasteiger partial charge in [-0.1, -0.05) is 37.3 Å². The number of carbonyl (C=O) groups excluding carboxylic acids is 2. The second-order valence-electron chi connectivity index (χ2n) is 6.53. The van der Waals surface area contributed by atoms with Crippen molar-refractivity contribution in [2.24, 2.45) is 5.92 Å². The summed E-state index contributed by atoms with van der Waals surface area (Å²) in [4.78, 5) is 26.0. The zero-order valence-corrected chi connectivity index (χ0v) is 15.0. The van der Waals surface area contributed by atoms with E-state index in [1.165, 1.54) is 0 Å². The second kappa shape index (κ2) is 8.52. The first-order valence-corrected chi connectivity index (χ1v) is 9.01. The van der Waals surface area contributed by atoms with E-state index in [1.807, 2.05) is 61.5 Å². The van der Waals surface area contributed by atoms with Crippen molar-refractivity contribution in [3.05, 3.63) is 60.2 Å². The van der Waals surface area contributed by atoms with Crippen LogP contribution in [0.15, 0.2) is 54.6 Å². The number of likely N-dealkylation sites (tertiary alicyclic amines) is 1. The number of benzene rings is 2. The number of hydrogen-bond donors (Lipinski definition) is 1. The monoisotopic (exact) mass is 352 g/mol. The van der Waals surface area contributed by atoms with Crippen LogP contribution in [0.1, 0.15) is 25.3 Å². The molecule has 0 radical (unpaired) electrons. The molecule has 1 unspecified atom stereocenters. The van der Waals surface area contributed by atoms with Gasteiger partial charge >= 0.3 is 0 Å². The van der Waals surface area contributed by atoms with E-state index >= 15 is 0 Å². The highest BCUT2D eigenvalue weighted by Gasteiger charge is 2.33. The second-order valence-corrected chi connectivity index (χ2v) is 6.53. The Morgan fingerprint density at radius 3 is 2.58 bits per heavy atom. The maximum Gasteiger partial charge on any atom is 0.229 e. The molecule has 0 saturated carbocycles. The van der Waals surface area contributed by atoms with Crippen molar-refractivity contribution in [3.63, 3.8) is 0 Å². The molecule has 0 aromatic heterocycles. The number of nitrogens with zero attached hydrogens (tertiary/aromatic N) is 1. The summed E-state index contributed by atoms with van der Waals surface area (Å²) in [5.74, 6) is 0.437. The van der Waals surface area contributed by atoms with Gasteiger partial charge < -0.3 is 15.0 Å². The molecule has 5 heteroatoms. The molecular formula is C21H24N2O3. The van der Waals surface area contributed by atoms with Crippen LogP contribution >= 0.6 is 0 Å². The Labute approximate surface area is 154 Å². The third-order valence-electron chi connectivity index (χ3n) is 4.45. The molecule has 5 nitrogen and oxygen atoms in total. The standard InChI is InChI=1S/C21H24N2O3/c1-2-12-23-14-17(13-20(23)24)21(25)22-18-8-10-19(11-9-18)26-15-16-6-4-3-5-7-16/h3-11,17H,2,12-15H2,1H3,(H,22,25). The van der Waals surface area contributed by atoms with E-state index in [1.54, 1.807) is 4.90 Å². The van der Waals surface area contributed by atoms with E-state index in [0.29, 0.717) is 25.3 Å². The highest BCUT2D eigenvalue weighted by atomic mass is 16.5. The Morgan fingerprint density at radius 1 is 1.15 bits per heavy atom. The molecule has 1 aliphatic rings. The van der Waals surface area contributed by atoms with Crippen LogP contribution in [0.25, 0.3) is 0 Å². The minimum absolute atomic E-state index is 0.0664. The Morgan fingerprint density at radius 2 is 1.88 bits per heavy atom. The van der Waals surface area contributed by atoms with Crippen molar-refractivity contribution in [3.8, 4) is 5.75 Å². The van der Waals surface area contributed by atoms with E-state index < -0.39 is 0 Å². The zero-order chi connectivity index (χ0) is 18.4. The predicted octanol–water partition coefficient (Wildman–Crippen LogP) is 3.46. The van der Waals surface area contributed by atoms with Gasteiger partial charge in [0.25, 0.3) is 0 Å². The molecule has 2 aromatic rings. The number of amides is 2. The summed E-state index contributed by atoms with van der Waals surface area (Å²) in [6.07, 6.45) is 1.20. The average Bonchev–Trinajstić information content (AvgIpc) is 3.03. The van der Waals surface area contributed by atoms with Crippen LogP contribution in [-0.2, 0) is 16.2 Å². The van der Waals surface area contributed by atoms with Crippen molar-refractivity contribution in [2.45, 2.75) is 26.4 Å². The molecular weight excluding hydrogens is 328 g/mol. The number of hydrogen-bond acceptors (Lipinski definition) is 3. The number of ether oxygens (including phenoxy) is 1. The van der Waals surface area contributed by atoms with Crippen molar-refractivity contribution in [1.82, 2.24) is 4.90 Å². The van der Waals surface area contributed by atoms with E-state index in [0.717, 1.165) is 24.3 Å². The van der Waals surface area contributed by atoms with Gasteiger partial charge in [0.05, 0.1) is 5.92 Å². The number of rotatable bonds is 7. The first-order chi connectivity index (χ1) is 12.7. The highest BCUT2D eigenvalue weighted by Crippen LogP contribution is 2.22. The van der Waals surface area contributed by atoms with Gasteiger partial charge in [-0.3, -0.25) is 9.59 Å². The molecule has 0 aliphatic carbocycles. The van der Waals surface area contributed by atoms with Gasteiger partial charge in [0.2, 0.25) is 11.8 Å². The molecule has 2 aromatic carbocycles. The molecule has 1 atom stereocenters. The Hall–Kier alpha value is -2.82. The Bertz CT molecular complexity index is 744. The van der Waals surface area contributed by atoms with E-state index in [2.05, 4.69) is 5.32 Å². The van der Waals surface area contributed by atoms with Crippen LogP contribution in [0.3, 0.4) is 0 Å². The lowest BCUT2D eigenvalue weighted by Gasteiger charge is -2.15. The van der Waals surface area contributed by atoms with Crippen LogP contribution < -0.4 is 10.1 Å². The summed E-state index contributed by atoms with van der Waals surface area (Å²) in [5, 5.41) is 2.89. The third kappa shape index (κ3) is 4.63. The highest BCUT2D eigenvalue weighted by molar-refractivity contribution is 5.97. The maximum atomic E-state index is 12.4. The zero-order valence-electron chi connectivity index (χ0n) is 15.0. The average molecular weight is 352 g/mol. The largest absolute Gasteiger partial charge is 0.489 e. The summed E-state index contributed by atoms with van der Waals surface area (Å²) < 4.78 is 5.74. The molecule has 0 spiro atoms. The van der Waals surface area contributed by atoms with Crippen molar-refractivity contribution in [1.29, 1.82) is 0 Å². The molecule has 136 valence electrons. The summed E-state index contributed by atoms with van der Waals surface area (Å²) >= 11 is 0. The van der Waals surface area contributed by atoms with Crippen molar-refractivity contribution >= 4 is 17.5 Å². The Kier molecular flexibility index (Phi) is 5.89. The quantitative estimate of drug-likeness (QED) is 0.830. The van der Waals surface area contributed by atoms with Gasteiger partial charge in [-0.15, -0.1) is 0 Å². The molecule has 1 aliphatic heterocycles. The molecule has 3 rings (SSSR count).